The van der Waals surface area contributed by atoms with Crippen molar-refractivity contribution >= 4 is 11.6 Å². The molecule has 1 unspecified atom stereocenters. The third-order valence-corrected chi connectivity index (χ3v) is 3.92. The SMILES string of the molecule is COc1ccc(C(C)N[C@@H](C)c2ccccc2Cl)c(O)c1. The molecule has 21 heavy (non-hydrogen) atoms. The number of halogens is 1. The number of phenols is 1. The molecular weight excluding hydrogens is 286 g/mol. The molecule has 0 aliphatic carbocycles. The molecule has 0 saturated carbocycles. The van der Waals surface area contributed by atoms with Gasteiger partial charge in [-0.2, -0.15) is 0 Å². The van der Waals surface area contributed by atoms with Gasteiger partial charge in [-0.15, -0.1) is 0 Å². The maximum absolute atomic E-state index is 10.1. The number of nitrogens with one attached hydrogen (secondary N) is 1. The Labute approximate surface area is 130 Å². The fourth-order valence-corrected chi connectivity index (χ4v) is 2.70. The van der Waals surface area contributed by atoms with E-state index in [2.05, 4.69) is 12.2 Å². The van der Waals surface area contributed by atoms with Gasteiger partial charge in [-0.1, -0.05) is 35.9 Å². The predicted molar refractivity (Wildman–Crippen MR) is 86.1 cm³/mol. The lowest BCUT2D eigenvalue weighted by Crippen LogP contribution is -2.22. The summed E-state index contributed by atoms with van der Waals surface area (Å²) in [5.74, 6) is 0.864. The lowest BCUT2D eigenvalue weighted by molar-refractivity contribution is 0.402. The van der Waals surface area contributed by atoms with Crippen LogP contribution < -0.4 is 10.1 Å². The van der Waals surface area contributed by atoms with Crippen LogP contribution in [0.25, 0.3) is 0 Å². The summed E-state index contributed by atoms with van der Waals surface area (Å²) in [4.78, 5) is 0. The molecule has 0 fully saturated rings. The average molecular weight is 306 g/mol. The Balaban J connectivity index is 2.14. The van der Waals surface area contributed by atoms with Crippen molar-refractivity contribution in [2.45, 2.75) is 25.9 Å². The second-order valence-electron chi connectivity index (χ2n) is 5.06. The molecule has 4 heteroatoms. The summed E-state index contributed by atoms with van der Waals surface area (Å²) in [6.45, 7) is 4.06. The van der Waals surface area contributed by atoms with Crippen LogP contribution in [-0.4, -0.2) is 12.2 Å². The number of benzene rings is 2. The van der Waals surface area contributed by atoms with E-state index in [1.165, 1.54) is 0 Å². The Hall–Kier alpha value is -1.71. The summed E-state index contributed by atoms with van der Waals surface area (Å²) in [5, 5.41) is 14.3. The monoisotopic (exact) mass is 305 g/mol. The molecule has 0 spiro atoms. The van der Waals surface area contributed by atoms with E-state index >= 15 is 0 Å². The molecule has 0 aliphatic rings. The second kappa shape index (κ2) is 6.83. The van der Waals surface area contributed by atoms with Gasteiger partial charge in [-0.05, 0) is 31.5 Å². The minimum absolute atomic E-state index is 0.0119. The number of hydrogen-bond donors (Lipinski definition) is 2. The van der Waals surface area contributed by atoms with Gasteiger partial charge in [0.1, 0.15) is 11.5 Å². The second-order valence-corrected chi connectivity index (χ2v) is 5.46. The van der Waals surface area contributed by atoms with E-state index in [1.54, 1.807) is 13.2 Å². The van der Waals surface area contributed by atoms with Crippen LogP contribution in [0, 0.1) is 0 Å². The Morgan fingerprint density at radius 1 is 1.05 bits per heavy atom. The van der Waals surface area contributed by atoms with Crippen molar-refractivity contribution in [3.8, 4) is 11.5 Å². The zero-order valence-corrected chi connectivity index (χ0v) is 13.2. The first-order valence-electron chi connectivity index (χ1n) is 6.90. The number of aromatic hydroxyl groups is 1. The van der Waals surface area contributed by atoms with Gasteiger partial charge in [0.25, 0.3) is 0 Å². The first-order chi connectivity index (χ1) is 10.0. The zero-order valence-electron chi connectivity index (χ0n) is 12.4. The lowest BCUT2D eigenvalue weighted by atomic mass is 10.0. The molecule has 0 aliphatic heterocycles. The largest absolute Gasteiger partial charge is 0.507 e. The topological polar surface area (TPSA) is 41.5 Å². The number of phenolic OH excluding ortho intramolecular Hbond substituents is 1. The quantitative estimate of drug-likeness (QED) is 0.856. The van der Waals surface area contributed by atoms with Crippen LogP contribution in [0.2, 0.25) is 5.02 Å². The molecule has 3 nitrogen and oxygen atoms in total. The van der Waals surface area contributed by atoms with Gasteiger partial charge in [0, 0.05) is 28.7 Å². The number of ether oxygens (including phenoxy) is 1. The Bertz CT molecular complexity index is 615. The molecule has 112 valence electrons. The van der Waals surface area contributed by atoms with Crippen LogP contribution in [0.5, 0.6) is 11.5 Å². The summed E-state index contributed by atoms with van der Waals surface area (Å²) in [5.41, 5.74) is 1.87. The van der Waals surface area contributed by atoms with Crippen molar-refractivity contribution < 1.29 is 9.84 Å². The van der Waals surface area contributed by atoms with Crippen molar-refractivity contribution in [3.63, 3.8) is 0 Å². The van der Waals surface area contributed by atoms with Crippen LogP contribution >= 0.6 is 11.6 Å². The van der Waals surface area contributed by atoms with E-state index in [-0.39, 0.29) is 17.8 Å². The minimum atomic E-state index is -0.0119. The van der Waals surface area contributed by atoms with E-state index in [0.29, 0.717) is 5.75 Å². The van der Waals surface area contributed by atoms with Crippen molar-refractivity contribution in [1.82, 2.24) is 5.32 Å². The van der Waals surface area contributed by atoms with E-state index in [4.69, 9.17) is 16.3 Å². The smallest absolute Gasteiger partial charge is 0.124 e. The van der Waals surface area contributed by atoms with Gasteiger partial charge >= 0.3 is 0 Å². The van der Waals surface area contributed by atoms with Crippen molar-refractivity contribution in [2.75, 3.05) is 7.11 Å². The van der Waals surface area contributed by atoms with Crippen LogP contribution in [0.4, 0.5) is 0 Å². The summed E-state index contributed by atoms with van der Waals surface area (Å²) < 4.78 is 5.10. The van der Waals surface area contributed by atoms with Crippen molar-refractivity contribution in [2.24, 2.45) is 0 Å². The average Bonchev–Trinajstić information content (AvgIpc) is 2.47. The highest BCUT2D eigenvalue weighted by Crippen LogP contribution is 2.31. The Morgan fingerprint density at radius 2 is 1.71 bits per heavy atom. The molecule has 2 N–H and O–H groups in total. The van der Waals surface area contributed by atoms with E-state index in [9.17, 15) is 5.11 Å². The summed E-state index contributed by atoms with van der Waals surface area (Å²) in [6.07, 6.45) is 0. The fraction of sp³-hybridized carbons (Fsp3) is 0.294. The molecule has 0 aromatic heterocycles. The molecule has 2 rings (SSSR count). The van der Waals surface area contributed by atoms with Crippen LogP contribution in [-0.2, 0) is 0 Å². The lowest BCUT2D eigenvalue weighted by Gasteiger charge is -2.22. The fourth-order valence-electron chi connectivity index (χ4n) is 2.40. The highest BCUT2D eigenvalue weighted by molar-refractivity contribution is 6.31. The highest BCUT2D eigenvalue weighted by atomic mass is 35.5. The minimum Gasteiger partial charge on any atom is -0.507 e. The van der Waals surface area contributed by atoms with Crippen LogP contribution in [0.3, 0.4) is 0 Å². The molecule has 0 heterocycles. The van der Waals surface area contributed by atoms with Crippen molar-refractivity contribution in [1.29, 1.82) is 0 Å². The van der Waals surface area contributed by atoms with E-state index in [1.807, 2.05) is 43.3 Å². The molecule has 2 aromatic rings. The molecule has 0 bridgehead atoms. The number of hydrogen-bond acceptors (Lipinski definition) is 3. The van der Waals surface area contributed by atoms with Gasteiger partial charge in [0.15, 0.2) is 0 Å². The maximum Gasteiger partial charge on any atom is 0.124 e. The van der Waals surface area contributed by atoms with Gasteiger partial charge in [0.05, 0.1) is 7.11 Å². The molecule has 2 aromatic carbocycles. The summed E-state index contributed by atoms with van der Waals surface area (Å²) >= 11 is 6.21. The molecular formula is C17H20ClNO2. The van der Waals surface area contributed by atoms with Gasteiger partial charge in [-0.3, -0.25) is 0 Å². The van der Waals surface area contributed by atoms with Crippen LogP contribution in [0.1, 0.15) is 37.1 Å². The van der Waals surface area contributed by atoms with Crippen LogP contribution in [0.15, 0.2) is 42.5 Å². The third kappa shape index (κ3) is 3.69. The molecule has 0 radical (unpaired) electrons. The normalized spacial score (nSPS) is 13.7. The van der Waals surface area contributed by atoms with Gasteiger partial charge in [0.2, 0.25) is 0 Å². The summed E-state index contributed by atoms with van der Waals surface area (Å²) in [6, 6.07) is 13.2. The molecule has 2 atom stereocenters. The number of rotatable bonds is 5. The highest BCUT2D eigenvalue weighted by Gasteiger charge is 2.16. The van der Waals surface area contributed by atoms with E-state index < -0.39 is 0 Å². The first-order valence-corrected chi connectivity index (χ1v) is 7.28. The van der Waals surface area contributed by atoms with E-state index in [0.717, 1.165) is 16.1 Å². The van der Waals surface area contributed by atoms with Gasteiger partial charge < -0.3 is 15.2 Å². The summed E-state index contributed by atoms with van der Waals surface area (Å²) in [7, 11) is 1.58. The predicted octanol–water partition coefficient (Wildman–Crippen LogP) is 4.47. The van der Waals surface area contributed by atoms with Crippen molar-refractivity contribution in [3.05, 3.63) is 58.6 Å². The number of methoxy groups -OCH3 is 1. The Morgan fingerprint density at radius 3 is 2.33 bits per heavy atom. The standard InChI is InChI=1S/C17H20ClNO2/c1-11(14-6-4-5-7-16(14)18)19-12(2)15-9-8-13(21-3)10-17(15)20/h4-12,19-20H,1-3H3/t11-,12?/m0/s1. The first kappa shape index (κ1) is 15.7. The zero-order chi connectivity index (χ0) is 15.4. The maximum atomic E-state index is 10.1. The Kier molecular flexibility index (Phi) is 5.10. The molecule has 0 saturated heterocycles. The van der Waals surface area contributed by atoms with Gasteiger partial charge in [-0.25, -0.2) is 0 Å². The third-order valence-electron chi connectivity index (χ3n) is 3.58. The molecule has 0 amide bonds.